The number of fused-ring (bicyclic) bond motifs is 1. The number of hydrogen-bond acceptors (Lipinski definition) is 8. The molecule has 1 fully saturated rings. The van der Waals surface area contributed by atoms with Crippen molar-refractivity contribution in [3.63, 3.8) is 0 Å². The quantitative estimate of drug-likeness (QED) is 0.513. The van der Waals surface area contributed by atoms with Gasteiger partial charge in [0.1, 0.15) is 6.54 Å². The van der Waals surface area contributed by atoms with E-state index in [1.165, 1.54) is 12.4 Å². The molecule has 1 amide bonds. The first-order valence-electron chi connectivity index (χ1n) is 11.9. The molecule has 0 spiro atoms. The number of morpholine rings is 1. The highest BCUT2D eigenvalue weighted by molar-refractivity contribution is 5.92. The number of ether oxygens (including phenoxy) is 1. The molecule has 0 aromatic carbocycles. The van der Waals surface area contributed by atoms with Gasteiger partial charge in [0.05, 0.1) is 25.1 Å². The molecule has 0 radical (unpaired) electrons. The molecule has 13 heteroatoms. The number of carbonyl (C=O) groups excluding carboxylic acids is 1. The Morgan fingerprint density at radius 2 is 1.57 bits per heavy atom. The Labute approximate surface area is 212 Å². The Morgan fingerprint density at radius 1 is 0.973 bits per heavy atom. The number of amides is 1. The van der Waals surface area contributed by atoms with Crippen LogP contribution in [0.1, 0.15) is 52.2 Å². The number of nitrogens with zero attached hydrogens (tertiary/aromatic N) is 8. The van der Waals surface area contributed by atoms with E-state index in [9.17, 15) is 18.0 Å². The monoisotopic (exact) mass is 520 g/mol. The van der Waals surface area contributed by atoms with Gasteiger partial charge in [-0.1, -0.05) is 0 Å². The maximum absolute atomic E-state index is 13.3. The van der Waals surface area contributed by atoms with E-state index < -0.39 is 23.8 Å². The van der Waals surface area contributed by atoms with E-state index in [2.05, 4.69) is 24.9 Å². The highest BCUT2D eigenvalue weighted by Crippen LogP contribution is 2.30. The predicted octanol–water partition coefficient (Wildman–Crippen LogP) is 3.72. The average Bonchev–Trinajstić information content (AvgIpc) is 3.18. The maximum Gasteiger partial charge on any atom is 0.406 e. The predicted molar refractivity (Wildman–Crippen MR) is 131 cm³/mol. The van der Waals surface area contributed by atoms with Gasteiger partial charge in [-0.3, -0.25) is 4.79 Å². The molecule has 1 aliphatic heterocycles. The summed E-state index contributed by atoms with van der Waals surface area (Å²) in [6.45, 7) is 12.3. The molecule has 0 bridgehead atoms. The minimum absolute atomic E-state index is 0.00481. The van der Waals surface area contributed by atoms with Crippen molar-refractivity contribution >= 4 is 22.9 Å². The van der Waals surface area contributed by atoms with Gasteiger partial charge in [0.15, 0.2) is 22.8 Å². The van der Waals surface area contributed by atoms with E-state index in [-0.39, 0.29) is 28.7 Å². The van der Waals surface area contributed by atoms with Crippen LogP contribution in [0.4, 0.5) is 19.0 Å². The maximum atomic E-state index is 13.3. The Kier molecular flexibility index (Phi) is 6.86. The minimum Gasteiger partial charge on any atom is -0.378 e. The van der Waals surface area contributed by atoms with Gasteiger partial charge in [0.25, 0.3) is 5.91 Å². The molecule has 0 saturated carbocycles. The molecule has 0 unspecified atom stereocenters. The summed E-state index contributed by atoms with van der Waals surface area (Å²) in [6, 6.07) is 0. The Morgan fingerprint density at radius 3 is 2.11 bits per heavy atom. The van der Waals surface area contributed by atoms with Gasteiger partial charge in [-0.25, -0.2) is 24.9 Å². The molecule has 3 aromatic heterocycles. The Bertz CT molecular complexity index is 1260. The molecule has 1 aliphatic rings. The van der Waals surface area contributed by atoms with Gasteiger partial charge in [-0.2, -0.15) is 13.2 Å². The summed E-state index contributed by atoms with van der Waals surface area (Å²) < 4.78 is 46.0. The molecule has 200 valence electrons. The van der Waals surface area contributed by atoms with Crippen molar-refractivity contribution in [3.8, 4) is 11.4 Å². The minimum atomic E-state index is -4.45. The number of rotatable bonds is 4. The topological polar surface area (TPSA) is 102 Å². The third kappa shape index (κ3) is 5.81. The summed E-state index contributed by atoms with van der Waals surface area (Å²) in [5, 5.41) is 0. The molecule has 10 nitrogen and oxygen atoms in total. The van der Waals surface area contributed by atoms with E-state index in [4.69, 9.17) is 4.74 Å². The van der Waals surface area contributed by atoms with Gasteiger partial charge in [0.2, 0.25) is 5.82 Å². The smallest absolute Gasteiger partial charge is 0.378 e. The van der Waals surface area contributed by atoms with Crippen LogP contribution >= 0.6 is 0 Å². The third-order valence-electron chi connectivity index (χ3n) is 5.75. The highest BCUT2D eigenvalue weighted by atomic mass is 19.4. The van der Waals surface area contributed by atoms with Crippen molar-refractivity contribution in [1.82, 2.24) is 34.4 Å². The number of hydrogen-bond donors (Lipinski definition) is 0. The van der Waals surface area contributed by atoms with Crippen molar-refractivity contribution < 1.29 is 22.7 Å². The molecule has 0 aliphatic carbocycles. The van der Waals surface area contributed by atoms with E-state index >= 15 is 0 Å². The molecule has 3 aromatic rings. The van der Waals surface area contributed by atoms with E-state index in [0.29, 0.717) is 37.7 Å². The van der Waals surface area contributed by atoms with Crippen molar-refractivity contribution in [2.45, 2.75) is 65.3 Å². The second-order valence-electron chi connectivity index (χ2n) is 10.9. The SMILES string of the molecule is CC(C)(C)N(C(=O)c1ncc(-c2nc(N3CCOCC3)c3ncn(CC(F)(F)F)c3n2)cn1)C(C)(C)C. The fourth-order valence-electron chi connectivity index (χ4n) is 4.63. The van der Waals surface area contributed by atoms with Crippen LogP contribution < -0.4 is 4.90 Å². The fraction of sp³-hybridized carbons (Fsp3) is 0.583. The molecule has 0 atom stereocenters. The van der Waals surface area contributed by atoms with E-state index in [0.717, 1.165) is 10.9 Å². The summed E-state index contributed by atoms with van der Waals surface area (Å²) in [5.74, 6) is 0.224. The molecular weight excluding hydrogens is 489 g/mol. The standard InChI is InChI=1S/C24H31F3N8O2/c1-22(2,3)35(23(4,5)6)21(36)18-28-11-15(12-29-18)17-31-19(33-7-9-37-10-8-33)16-20(32-17)34(14-30-16)13-24(25,26)27/h11-12,14H,7-10,13H2,1-6H3. The van der Waals surface area contributed by atoms with Crippen LogP contribution in [0.3, 0.4) is 0 Å². The van der Waals surface area contributed by atoms with Crippen LogP contribution in [0, 0.1) is 0 Å². The highest BCUT2D eigenvalue weighted by Gasteiger charge is 2.37. The van der Waals surface area contributed by atoms with Crippen LogP contribution in [0.25, 0.3) is 22.6 Å². The number of carbonyl (C=O) groups is 1. The van der Waals surface area contributed by atoms with Gasteiger partial charge in [-0.05, 0) is 41.5 Å². The first kappa shape index (κ1) is 26.7. The van der Waals surface area contributed by atoms with Crippen LogP contribution in [-0.4, -0.2) is 83.9 Å². The second kappa shape index (κ2) is 9.51. The molecule has 4 heterocycles. The largest absolute Gasteiger partial charge is 0.406 e. The van der Waals surface area contributed by atoms with Crippen LogP contribution in [-0.2, 0) is 11.3 Å². The lowest BCUT2D eigenvalue weighted by Gasteiger charge is -2.45. The third-order valence-corrected chi connectivity index (χ3v) is 5.75. The number of anilines is 1. The lowest BCUT2D eigenvalue weighted by atomic mass is 9.95. The first-order chi connectivity index (χ1) is 17.1. The molecule has 0 N–H and O–H groups in total. The van der Waals surface area contributed by atoms with Crippen molar-refractivity contribution in [2.75, 3.05) is 31.2 Å². The summed E-state index contributed by atoms with van der Waals surface area (Å²) in [6.07, 6.45) is -0.502. The lowest BCUT2D eigenvalue weighted by molar-refractivity contribution is -0.140. The summed E-state index contributed by atoms with van der Waals surface area (Å²) in [5.41, 5.74) is -0.264. The first-order valence-corrected chi connectivity index (χ1v) is 11.9. The van der Waals surface area contributed by atoms with Crippen LogP contribution in [0.5, 0.6) is 0 Å². The molecule has 37 heavy (non-hydrogen) atoms. The zero-order chi connectivity index (χ0) is 27.2. The zero-order valence-corrected chi connectivity index (χ0v) is 21.8. The van der Waals surface area contributed by atoms with E-state index in [1.807, 2.05) is 46.4 Å². The van der Waals surface area contributed by atoms with Gasteiger partial charge in [-0.15, -0.1) is 0 Å². The van der Waals surface area contributed by atoms with Crippen LogP contribution in [0.15, 0.2) is 18.7 Å². The van der Waals surface area contributed by atoms with Crippen molar-refractivity contribution in [3.05, 3.63) is 24.5 Å². The van der Waals surface area contributed by atoms with Gasteiger partial charge in [0, 0.05) is 36.6 Å². The Hall–Kier alpha value is -3.35. The second-order valence-corrected chi connectivity index (χ2v) is 10.9. The number of halogens is 3. The summed E-state index contributed by atoms with van der Waals surface area (Å²) >= 11 is 0. The Balaban J connectivity index is 1.76. The van der Waals surface area contributed by atoms with Gasteiger partial charge >= 0.3 is 6.18 Å². The summed E-state index contributed by atoms with van der Waals surface area (Å²) in [7, 11) is 0. The number of aromatic nitrogens is 6. The summed E-state index contributed by atoms with van der Waals surface area (Å²) in [4.78, 5) is 38.7. The zero-order valence-electron chi connectivity index (χ0n) is 21.8. The molecule has 4 rings (SSSR count). The molecular formula is C24H31F3N8O2. The normalized spacial score (nSPS) is 15.3. The van der Waals surface area contributed by atoms with Crippen molar-refractivity contribution in [2.24, 2.45) is 0 Å². The molecule has 1 saturated heterocycles. The lowest BCUT2D eigenvalue weighted by Crippen LogP contribution is -2.56. The van der Waals surface area contributed by atoms with Gasteiger partial charge < -0.3 is 19.1 Å². The number of imidazole rings is 1. The van der Waals surface area contributed by atoms with Crippen molar-refractivity contribution in [1.29, 1.82) is 0 Å². The number of alkyl halides is 3. The van der Waals surface area contributed by atoms with Crippen LogP contribution in [0.2, 0.25) is 0 Å². The average molecular weight is 521 g/mol. The van der Waals surface area contributed by atoms with E-state index in [1.54, 1.807) is 4.90 Å². The fourth-order valence-corrected chi connectivity index (χ4v) is 4.63.